The molecule has 0 aliphatic heterocycles. The average Bonchev–Trinajstić information content (AvgIpc) is 3.71. The maximum atomic E-state index is 12.6. The Morgan fingerprint density at radius 1 is 0.745 bits per heavy atom. The summed E-state index contributed by atoms with van der Waals surface area (Å²) in [5.41, 5.74) is 8.08. The number of aryl methyl sites for hydroxylation is 2. The normalized spacial score (nSPS) is 11.7. The number of aliphatic hydroxyl groups is 1. The maximum absolute atomic E-state index is 12.6. The fourth-order valence-electron chi connectivity index (χ4n) is 5.76. The summed E-state index contributed by atoms with van der Waals surface area (Å²) < 4.78 is 9.07. The smallest absolute Gasteiger partial charge is 0.369 e. The number of fused-ring (bicyclic) bond motifs is 2. The Hall–Kier alpha value is -4.72. The standard InChI is InChI=1S/C19H19N5O2.C18H17N5O2.BBr3/c1-12-4-18-22-11-16(19(13(2)26-3)24(18)23-12)7-17(25)6-14-5-15(8-20)10-21-9-14;1-11-3-17-21-10-15(18(12(2)24)23(17)22-11)6-16(25)5-13-4-14(7-19)9-20-8-13;2-1(3)4/h4-5,9-11,13H,6-7H2,1-3H3;3-4,8-10,12,24H,5-6H2,1-2H3;/t13-;12-;/m00./s1. The van der Waals surface area contributed by atoms with Crippen LogP contribution in [-0.2, 0) is 40.0 Å². The number of carbonyl (C=O) groups excluding carboxylic acids is 2. The van der Waals surface area contributed by atoms with Gasteiger partial charge in [0.1, 0.15) is 23.7 Å². The van der Waals surface area contributed by atoms with Crippen LogP contribution in [0.3, 0.4) is 0 Å². The van der Waals surface area contributed by atoms with Crippen LogP contribution in [0.2, 0.25) is 0 Å². The molecule has 55 heavy (non-hydrogen) atoms. The van der Waals surface area contributed by atoms with E-state index in [2.05, 4.69) is 77.4 Å². The number of ether oxygens (including phenoxy) is 1. The number of nitriles is 2. The van der Waals surface area contributed by atoms with Gasteiger partial charge in [-0.1, -0.05) is 0 Å². The molecule has 0 radical (unpaired) electrons. The number of pyridine rings is 2. The summed E-state index contributed by atoms with van der Waals surface area (Å²) in [6, 6.07) is 11.1. The molecule has 0 fully saturated rings. The van der Waals surface area contributed by atoms with Crippen molar-refractivity contribution >= 4 is 73.3 Å². The molecule has 0 spiro atoms. The van der Waals surface area contributed by atoms with Crippen LogP contribution in [0.5, 0.6) is 0 Å². The molecule has 0 amide bonds. The number of aliphatic hydroxyl groups excluding tert-OH is 1. The molecule has 6 aromatic rings. The first-order valence-corrected chi connectivity index (χ1v) is 19.5. The van der Waals surface area contributed by atoms with Crippen molar-refractivity contribution in [2.45, 2.75) is 65.6 Å². The number of hydrogen-bond donors (Lipinski definition) is 1. The van der Waals surface area contributed by atoms with Crippen LogP contribution >= 0.6 is 47.3 Å². The predicted molar refractivity (Wildman–Crippen MR) is 217 cm³/mol. The van der Waals surface area contributed by atoms with Crippen molar-refractivity contribution < 1.29 is 19.4 Å². The van der Waals surface area contributed by atoms with Gasteiger partial charge in [0.05, 0.1) is 46.1 Å². The third-order valence-corrected chi connectivity index (χ3v) is 8.01. The van der Waals surface area contributed by atoms with Gasteiger partial charge in [-0.05, 0) is 51.0 Å². The van der Waals surface area contributed by atoms with E-state index >= 15 is 0 Å². The molecular formula is C37H36BBr3N10O4. The van der Waals surface area contributed by atoms with Crippen molar-refractivity contribution in [2.75, 3.05) is 7.11 Å². The second kappa shape index (κ2) is 20.3. The van der Waals surface area contributed by atoms with Crippen LogP contribution in [0.4, 0.5) is 0 Å². The highest BCUT2D eigenvalue weighted by atomic mass is 79.9. The van der Waals surface area contributed by atoms with Crippen LogP contribution < -0.4 is 0 Å². The molecule has 18 heteroatoms. The highest BCUT2D eigenvalue weighted by Gasteiger charge is 2.20. The maximum Gasteiger partial charge on any atom is 0.369 e. The molecule has 0 bridgehead atoms. The minimum atomic E-state index is -0.781. The van der Waals surface area contributed by atoms with Gasteiger partial charge in [0.25, 0.3) is 0 Å². The van der Waals surface area contributed by atoms with E-state index in [-0.39, 0.29) is 46.5 Å². The van der Waals surface area contributed by atoms with E-state index in [0.29, 0.717) is 33.6 Å². The van der Waals surface area contributed by atoms with E-state index in [1.54, 1.807) is 60.0 Å². The van der Waals surface area contributed by atoms with Crippen LogP contribution in [0, 0.1) is 36.5 Å². The summed E-state index contributed by atoms with van der Waals surface area (Å²) in [4.78, 5) is 41.7. The van der Waals surface area contributed by atoms with Crippen molar-refractivity contribution in [3.8, 4) is 12.1 Å². The molecule has 2 atom stereocenters. The average molecular weight is 935 g/mol. The van der Waals surface area contributed by atoms with E-state index in [1.165, 1.54) is 12.4 Å². The van der Waals surface area contributed by atoms with Gasteiger partial charge < -0.3 is 9.84 Å². The van der Waals surface area contributed by atoms with Gasteiger partial charge in [0.2, 0.25) is 0 Å². The first kappa shape index (κ1) is 43.0. The summed E-state index contributed by atoms with van der Waals surface area (Å²) >= 11 is 9.31. The zero-order valence-electron chi connectivity index (χ0n) is 30.6. The number of methoxy groups -OCH3 is 1. The summed E-state index contributed by atoms with van der Waals surface area (Å²) in [5.74, 6) is -0.0414. The van der Waals surface area contributed by atoms with Crippen LogP contribution in [0.1, 0.15) is 82.2 Å². The SMILES string of the molecule is BrB(Br)Br.CO[C@@H](C)c1c(CC(=O)Cc2cncc(C#N)c2)cnc2cc(C)nn12.Cc1cc2ncc(CC(=O)Cc3cncc(C#N)c3)c([C@H](C)O)n2n1. The molecule has 0 saturated carbocycles. The topological polar surface area (TPSA) is 197 Å². The Labute approximate surface area is 343 Å². The number of halogens is 3. The quantitative estimate of drug-likeness (QED) is 0.144. The Morgan fingerprint density at radius 2 is 1.16 bits per heavy atom. The molecule has 282 valence electrons. The second-order valence-corrected chi connectivity index (χ2v) is 18.9. The number of Topliss-reactive ketones (excluding diaryl/α,β-unsaturated/α-hetero) is 2. The third-order valence-electron chi connectivity index (χ3n) is 8.01. The van der Waals surface area contributed by atoms with Gasteiger partial charge >= 0.3 is 3.18 Å². The van der Waals surface area contributed by atoms with Crippen molar-refractivity contribution in [1.82, 2.24) is 39.2 Å². The lowest BCUT2D eigenvalue weighted by Crippen LogP contribution is -2.15. The van der Waals surface area contributed by atoms with Crippen molar-refractivity contribution in [2.24, 2.45) is 0 Å². The second-order valence-electron chi connectivity index (χ2n) is 12.4. The fraction of sp³-hybridized carbons (Fsp3) is 0.297. The first-order valence-electron chi connectivity index (χ1n) is 16.8. The molecule has 0 saturated heterocycles. The van der Waals surface area contributed by atoms with Gasteiger partial charge in [0.15, 0.2) is 11.3 Å². The van der Waals surface area contributed by atoms with Gasteiger partial charge in [0, 0.05) is 93.2 Å². The monoisotopic (exact) mass is 932 g/mol. The first-order chi connectivity index (χ1) is 26.2. The zero-order chi connectivity index (χ0) is 40.2. The molecular weight excluding hydrogens is 899 g/mol. The summed E-state index contributed by atoms with van der Waals surface area (Å²) in [7, 11) is 1.62. The molecule has 0 unspecified atom stereocenters. The lowest BCUT2D eigenvalue weighted by atomic mass is 10.0. The summed E-state index contributed by atoms with van der Waals surface area (Å²) in [6.45, 7) is 7.30. The fourth-order valence-corrected chi connectivity index (χ4v) is 5.76. The Morgan fingerprint density at radius 3 is 1.56 bits per heavy atom. The van der Waals surface area contributed by atoms with Gasteiger partial charge in [-0.15, -0.1) is 47.3 Å². The van der Waals surface area contributed by atoms with Crippen molar-refractivity contribution in [3.05, 3.63) is 118 Å². The number of hydrogen-bond acceptors (Lipinski definition) is 12. The lowest BCUT2D eigenvalue weighted by Gasteiger charge is -2.16. The highest BCUT2D eigenvalue weighted by molar-refractivity contribution is 9.69. The van der Waals surface area contributed by atoms with Gasteiger partial charge in [-0.25, -0.2) is 19.0 Å². The minimum absolute atomic E-state index is 0.0106. The number of rotatable bonds is 11. The molecule has 14 nitrogen and oxygen atoms in total. The van der Waals surface area contributed by atoms with E-state index in [0.717, 1.165) is 33.9 Å². The highest BCUT2D eigenvalue weighted by Crippen LogP contribution is 2.23. The molecule has 6 aromatic heterocycles. The van der Waals surface area contributed by atoms with E-state index in [4.69, 9.17) is 15.3 Å². The predicted octanol–water partition coefficient (Wildman–Crippen LogP) is 6.23. The number of aromatic nitrogens is 8. The largest absolute Gasteiger partial charge is 0.387 e. The third kappa shape index (κ3) is 12.1. The molecule has 0 aliphatic rings. The van der Waals surface area contributed by atoms with E-state index in [1.807, 2.05) is 45.0 Å². The van der Waals surface area contributed by atoms with Crippen LogP contribution in [0.25, 0.3) is 11.3 Å². The molecule has 6 heterocycles. The van der Waals surface area contributed by atoms with E-state index in [9.17, 15) is 14.7 Å². The number of ketones is 2. The van der Waals surface area contributed by atoms with Crippen LogP contribution in [-0.4, -0.2) is 66.1 Å². The molecule has 0 aliphatic carbocycles. The molecule has 1 N–H and O–H groups in total. The summed E-state index contributed by atoms with van der Waals surface area (Å²) in [6.07, 6.45) is 9.13. The number of nitrogens with zero attached hydrogens (tertiary/aromatic N) is 10. The summed E-state index contributed by atoms with van der Waals surface area (Å²) in [5, 5.41) is 36.8. The lowest BCUT2D eigenvalue weighted by molar-refractivity contribution is -0.118. The Kier molecular flexibility index (Phi) is 15.9. The van der Waals surface area contributed by atoms with Crippen LogP contribution in [0.15, 0.2) is 61.4 Å². The molecule has 6 rings (SSSR count). The van der Waals surface area contributed by atoms with E-state index < -0.39 is 6.10 Å². The van der Waals surface area contributed by atoms with Gasteiger partial charge in [-0.3, -0.25) is 19.6 Å². The molecule has 0 aromatic carbocycles. The minimum Gasteiger partial charge on any atom is -0.387 e. The van der Waals surface area contributed by atoms with Gasteiger partial charge in [-0.2, -0.15) is 20.7 Å². The Balaban J connectivity index is 0.000000223. The zero-order valence-corrected chi connectivity index (χ0v) is 35.4. The van der Waals surface area contributed by atoms with Crippen molar-refractivity contribution in [3.63, 3.8) is 0 Å². The van der Waals surface area contributed by atoms with Crippen molar-refractivity contribution in [1.29, 1.82) is 10.5 Å². The Bertz CT molecular complexity index is 2380. The number of carbonyl (C=O) groups is 2.